The lowest BCUT2D eigenvalue weighted by molar-refractivity contribution is 0.414. The molecule has 21 heavy (non-hydrogen) atoms. The summed E-state index contributed by atoms with van der Waals surface area (Å²) in [5, 5.41) is 0. The van der Waals surface area contributed by atoms with Crippen LogP contribution in [0, 0.1) is 0 Å². The summed E-state index contributed by atoms with van der Waals surface area (Å²) in [5.74, 6) is 0.689. The number of hydrogen-bond acceptors (Lipinski definition) is 5. The van der Waals surface area contributed by atoms with Crippen molar-refractivity contribution in [2.24, 2.45) is 5.73 Å². The maximum absolute atomic E-state index is 12.3. The highest BCUT2D eigenvalue weighted by Gasteiger charge is 2.20. The molecular formula is C13H15BrN2O3S2. The van der Waals surface area contributed by atoms with Gasteiger partial charge in [-0.1, -0.05) is 12.1 Å². The summed E-state index contributed by atoms with van der Waals surface area (Å²) in [5.41, 5.74) is 6.36. The molecule has 1 aromatic heterocycles. The van der Waals surface area contributed by atoms with Crippen LogP contribution in [0.5, 0.6) is 5.75 Å². The third-order valence-electron chi connectivity index (χ3n) is 2.80. The minimum atomic E-state index is -3.58. The maximum Gasteiger partial charge on any atom is 0.242 e. The number of methoxy groups -OCH3 is 1. The Bertz CT molecular complexity index is 729. The summed E-state index contributed by atoms with van der Waals surface area (Å²) in [4.78, 5) is 1.03. The summed E-state index contributed by atoms with van der Waals surface area (Å²) >= 11 is 4.59. The van der Waals surface area contributed by atoms with Crippen molar-refractivity contribution in [3.05, 3.63) is 44.6 Å². The van der Waals surface area contributed by atoms with Crippen molar-refractivity contribution in [2.45, 2.75) is 18.0 Å². The molecule has 2 aromatic rings. The highest BCUT2D eigenvalue weighted by atomic mass is 79.9. The second-order valence-corrected chi connectivity index (χ2v) is 8.42. The molecule has 0 aliphatic heterocycles. The van der Waals surface area contributed by atoms with Crippen molar-refractivity contribution in [2.75, 3.05) is 7.11 Å². The third kappa shape index (κ3) is 4.04. The molecule has 0 spiro atoms. The summed E-state index contributed by atoms with van der Waals surface area (Å²) in [6, 6.07) is 8.83. The third-order valence-corrected chi connectivity index (χ3v) is 6.47. The van der Waals surface area contributed by atoms with Crippen molar-refractivity contribution < 1.29 is 13.2 Å². The van der Waals surface area contributed by atoms with Crippen LogP contribution in [0.3, 0.4) is 0 Å². The molecular weight excluding hydrogens is 376 g/mol. The Morgan fingerprint density at radius 3 is 2.76 bits per heavy atom. The molecule has 0 saturated heterocycles. The standard InChI is InChI=1S/C13H15BrN2O3S2/c1-19-10-4-2-3-9(5-10)8-16-21(17,18)12-6-11(7-15)20-13(12)14/h2-6,16H,7-8,15H2,1H3. The Morgan fingerprint density at radius 2 is 2.14 bits per heavy atom. The van der Waals surface area contributed by atoms with Gasteiger partial charge in [-0.3, -0.25) is 0 Å². The lowest BCUT2D eigenvalue weighted by Crippen LogP contribution is -2.23. The summed E-state index contributed by atoms with van der Waals surface area (Å²) in [7, 11) is -2.01. The maximum atomic E-state index is 12.3. The SMILES string of the molecule is COc1cccc(CNS(=O)(=O)c2cc(CN)sc2Br)c1. The Hall–Kier alpha value is -0.930. The van der Waals surface area contributed by atoms with E-state index in [4.69, 9.17) is 10.5 Å². The molecule has 0 fully saturated rings. The van der Waals surface area contributed by atoms with Crippen molar-refractivity contribution in [1.29, 1.82) is 0 Å². The number of thiophene rings is 1. The fourth-order valence-electron chi connectivity index (χ4n) is 1.72. The highest BCUT2D eigenvalue weighted by molar-refractivity contribution is 9.11. The van der Waals surface area contributed by atoms with Gasteiger partial charge >= 0.3 is 0 Å². The first-order chi connectivity index (χ1) is 9.96. The second-order valence-electron chi connectivity index (χ2n) is 4.23. The molecule has 8 heteroatoms. The fraction of sp³-hybridized carbons (Fsp3) is 0.231. The van der Waals surface area contributed by atoms with Gasteiger partial charge in [0.05, 0.1) is 10.9 Å². The van der Waals surface area contributed by atoms with E-state index in [0.29, 0.717) is 16.1 Å². The van der Waals surface area contributed by atoms with Crippen molar-refractivity contribution in [3.8, 4) is 5.75 Å². The van der Waals surface area contributed by atoms with E-state index in [2.05, 4.69) is 20.7 Å². The zero-order chi connectivity index (χ0) is 15.5. The topological polar surface area (TPSA) is 81.4 Å². The number of hydrogen-bond donors (Lipinski definition) is 2. The van der Waals surface area contributed by atoms with Crippen LogP contribution in [0.1, 0.15) is 10.4 Å². The van der Waals surface area contributed by atoms with Gasteiger partial charge in [-0.05, 0) is 39.7 Å². The fourth-order valence-corrected chi connectivity index (χ4v) is 5.30. The Morgan fingerprint density at radius 1 is 1.38 bits per heavy atom. The van der Waals surface area contributed by atoms with Crippen LogP contribution in [0.25, 0.3) is 0 Å². The minimum absolute atomic E-state index is 0.194. The van der Waals surface area contributed by atoms with Gasteiger partial charge in [-0.2, -0.15) is 0 Å². The molecule has 114 valence electrons. The Balaban J connectivity index is 2.15. The van der Waals surface area contributed by atoms with Crippen molar-refractivity contribution >= 4 is 37.3 Å². The lowest BCUT2D eigenvalue weighted by atomic mass is 10.2. The molecule has 0 unspecified atom stereocenters. The zero-order valence-electron chi connectivity index (χ0n) is 11.3. The predicted octanol–water partition coefficient (Wildman–Crippen LogP) is 2.46. The normalized spacial score (nSPS) is 11.6. The molecule has 0 aliphatic carbocycles. The van der Waals surface area contributed by atoms with E-state index in [1.54, 1.807) is 25.3 Å². The number of nitrogens with one attached hydrogen (secondary N) is 1. The van der Waals surface area contributed by atoms with Crippen LogP contribution in [0.2, 0.25) is 0 Å². The van der Waals surface area contributed by atoms with Gasteiger partial charge in [0.25, 0.3) is 0 Å². The van der Waals surface area contributed by atoms with Crippen LogP contribution >= 0.6 is 27.3 Å². The van der Waals surface area contributed by atoms with E-state index >= 15 is 0 Å². The molecule has 0 saturated carbocycles. The summed E-state index contributed by atoms with van der Waals surface area (Å²) < 4.78 is 32.8. The molecule has 5 nitrogen and oxygen atoms in total. The van der Waals surface area contributed by atoms with Crippen molar-refractivity contribution in [3.63, 3.8) is 0 Å². The number of benzene rings is 1. The van der Waals surface area contributed by atoms with Gasteiger partial charge in [0, 0.05) is 18.0 Å². The average molecular weight is 391 g/mol. The smallest absolute Gasteiger partial charge is 0.242 e. The van der Waals surface area contributed by atoms with E-state index in [9.17, 15) is 8.42 Å². The van der Waals surface area contributed by atoms with Crippen LogP contribution < -0.4 is 15.2 Å². The first kappa shape index (κ1) is 16.4. The first-order valence-corrected chi connectivity index (χ1v) is 9.16. The quantitative estimate of drug-likeness (QED) is 0.793. The highest BCUT2D eigenvalue weighted by Crippen LogP contribution is 2.31. The van der Waals surface area contributed by atoms with E-state index in [-0.39, 0.29) is 11.4 Å². The average Bonchev–Trinajstić information content (AvgIpc) is 2.87. The molecule has 0 bridgehead atoms. The van der Waals surface area contributed by atoms with Gasteiger partial charge in [0.15, 0.2) is 0 Å². The van der Waals surface area contributed by atoms with E-state index in [1.165, 1.54) is 11.3 Å². The van der Waals surface area contributed by atoms with Gasteiger partial charge in [0.2, 0.25) is 10.0 Å². The first-order valence-electron chi connectivity index (χ1n) is 6.07. The van der Waals surface area contributed by atoms with E-state index in [0.717, 1.165) is 10.4 Å². The Labute approximate surface area is 136 Å². The molecule has 0 radical (unpaired) electrons. The minimum Gasteiger partial charge on any atom is -0.497 e. The largest absolute Gasteiger partial charge is 0.497 e. The molecule has 0 atom stereocenters. The van der Waals surface area contributed by atoms with Gasteiger partial charge in [-0.15, -0.1) is 11.3 Å². The van der Waals surface area contributed by atoms with E-state index < -0.39 is 10.0 Å². The summed E-state index contributed by atoms with van der Waals surface area (Å²) in [6.07, 6.45) is 0. The molecule has 3 N–H and O–H groups in total. The van der Waals surface area contributed by atoms with E-state index in [1.807, 2.05) is 12.1 Å². The second kappa shape index (κ2) is 6.89. The molecule has 0 aliphatic rings. The molecule has 0 amide bonds. The molecule has 1 aromatic carbocycles. The monoisotopic (exact) mass is 390 g/mol. The number of rotatable bonds is 6. The Kier molecular flexibility index (Phi) is 5.39. The van der Waals surface area contributed by atoms with Gasteiger partial charge in [0.1, 0.15) is 10.6 Å². The van der Waals surface area contributed by atoms with Crippen LogP contribution in [0.15, 0.2) is 39.0 Å². The number of nitrogens with two attached hydrogens (primary N) is 1. The number of ether oxygens (including phenoxy) is 1. The number of sulfonamides is 1. The van der Waals surface area contributed by atoms with Crippen LogP contribution in [-0.2, 0) is 23.1 Å². The summed E-state index contributed by atoms with van der Waals surface area (Å²) in [6.45, 7) is 0.508. The zero-order valence-corrected chi connectivity index (χ0v) is 14.5. The van der Waals surface area contributed by atoms with Gasteiger partial charge < -0.3 is 10.5 Å². The lowest BCUT2D eigenvalue weighted by Gasteiger charge is -2.07. The number of halogens is 1. The molecule has 1 heterocycles. The van der Waals surface area contributed by atoms with Crippen molar-refractivity contribution in [1.82, 2.24) is 4.72 Å². The van der Waals surface area contributed by atoms with Gasteiger partial charge in [-0.25, -0.2) is 13.1 Å². The molecule has 2 rings (SSSR count). The predicted molar refractivity (Wildman–Crippen MR) is 86.9 cm³/mol. The van der Waals surface area contributed by atoms with Crippen LogP contribution in [0.4, 0.5) is 0 Å². The van der Waals surface area contributed by atoms with Crippen LogP contribution in [-0.4, -0.2) is 15.5 Å².